The van der Waals surface area contributed by atoms with E-state index in [-0.39, 0.29) is 18.3 Å². The van der Waals surface area contributed by atoms with Crippen molar-refractivity contribution >= 4 is 18.3 Å². The zero-order valence-electron chi connectivity index (χ0n) is 11.9. The first-order valence-corrected chi connectivity index (χ1v) is 6.83. The van der Waals surface area contributed by atoms with Crippen molar-refractivity contribution < 1.29 is 4.79 Å². The Hall–Kier alpha value is -2.25. The number of rotatable bonds is 4. The van der Waals surface area contributed by atoms with Crippen molar-refractivity contribution in [2.24, 2.45) is 0 Å². The molecule has 0 saturated carbocycles. The Bertz CT molecular complexity index is 638. The first-order chi connectivity index (χ1) is 10.3. The summed E-state index contributed by atoms with van der Waals surface area (Å²) in [7, 11) is 0. The van der Waals surface area contributed by atoms with Crippen LogP contribution in [0, 0.1) is 0 Å². The van der Waals surface area contributed by atoms with Gasteiger partial charge < -0.3 is 10.6 Å². The Morgan fingerprint density at radius 2 is 2.14 bits per heavy atom. The van der Waals surface area contributed by atoms with Crippen molar-refractivity contribution in [3.05, 3.63) is 47.8 Å². The van der Waals surface area contributed by atoms with Gasteiger partial charge in [0.1, 0.15) is 6.33 Å². The zero-order chi connectivity index (χ0) is 14.5. The van der Waals surface area contributed by atoms with E-state index in [1.807, 2.05) is 12.1 Å². The van der Waals surface area contributed by atoms with Gasteiger partial charge in [0.05, 0.1) is 5.69 Å². The van der Waals surface area contributed by atoms with E-state index in [0.29, 0.717) is 12.1 Å². The molecule has 2 heterocycles. The first kappa shape index (κ1) is 16.1. The molecule has 116 valence electrons. The molecule has 0 spiro atoms. The molecular weight excluding hydrogens is 304 g/mol. The first-order valence-electron chi connectivity index (χ1n) is 6.83. The van der Waals surface area contributed by atoms with Crippen LogP contribution in [0.1, 0.15) is 16.8 Å². The molecule has 1 amide bonds. The normalized spacial score (nSPS) is 13.9. The third kappa shape index (κ3) is 3.90. The van der Waals surface area contributed by atoms with Crippen molar-refractivity contribution in [3.8, 4) is 5.69 Å². The third-order valence-electron chi connectivity index (χ3n) is 3.38. The molecule has 1 aromatic heterocycles. The Kier molecular flexibility index (Phi) is 5.62. The molecule has 3 rings (SSSR count). The molecule has 0 atom stereocenters. The SMILES string of the molecule is Cl.O=C(NCC1=CCNCC1)c1ccc(-n2cnnn2)cc1. The van der Waals surface area contributed by atoms with Crippen LogP contribution in [-0.4, -0.2) is 45.7 Å². The van der Waals surface area contributed by atoms with Crippen molar-refractivity contribution in [1.82, 2.24) is 30.8 Å². The predicted molar refractivity (Wildman–Crippen MR) is 84.3 cm³/mol. The van der Waals surface area contributed by atoms with Gasteiger partial charge >= 0.3 is 0 Å². The number of carbonyl (C=O) groups is 1. The summed E-state index contributed by atoms with van der Waals surface area (Å²) in [5.41, 5.74) is 2.71. The number of halogens is 1. The van der Waals surface area contributed by atoms with Gasteiger partial charge in [-0.3, -0.25) is 4.79 Å². The number of nitrogens with one attached hydrogen (secondary N) is 2. The quantitative estimate of drug-likeness (QED) is 0.811. The summed E-state index contributed by atoms with van der Waals surface area (Å²) >= 11 is 0. The number of nitrogens with zero attached hydrogens (tertiary/aromatic N) is 4. The van der Waals surface area contributed by atoms with E-state index < -0.39 is 0 Å². The second-order valence-electron chi connectivity index (χ2n) is 4.80. The van der Waals surface area contributed by atoms with Crippen LogP contribution in [-0.2, 0) is 0 Å². The molecule has 2 N–H and O–H groups in total. The van der Waals surface area contributed by atoms with E-state index in [1.165, 1.54) is 11.9 Å². The van der Waals surface area contributed by atoms with E-state index >= 15 is 0 Å². The van der Waals surface area contributed by atoms with Crippen LogP contribution < -0.4 is 10.6 Å². The van der Waals surface area contributed by atoms with Crippen LogP contribution in [0.3, 0.4) is 0 Å². The summed E-state index contributed by atoms with van der Waals surface area (Å²) < 4.78 is 1.54. The summed E-state index contributed by atoms with van der Waals surface area (Å²) in [5.74, 6) is -0.0716. The molecule has 2 aromatic rings. The Labute approximate surface area is 134 Å². The molecule has 1 aliphatic rings. The van der Waals surface area contributed by atoms with Gasteiger partial charge in [0, 0.05) is 18.7 Å². The average Bonchev–Trinajstić information content (AvgIpc) is 3.08. The molecule has 0 fully saturated rings. The highest BCUT2D eigenvalue weighted by Gasteiger charge is 2.08. The van der Waals surface area contributed by atoms with E-state index in [9.17, 15) is 4.79 Å². The van der Waals surface area contributed by atoms with Crippen molar-refractivity contribution in [2.75, 3.05) is 19.6 Å². The zero-order valence-corrected chi connectivity index (χ0v) is 12.7. The summed E-state index contributed by atoms with van der Waals surface area (Å²) in [6.07, 6.45) is 4.63. The highest BCUT2D eigenvalue weighted by molar-refractivity contribution is 5.94. The molecule has 0 bridgehead atoms. The molecule has 8 heteroatoms. The number of hydrogen-bond acceptors (Lipinski definition) is 5. The van der Waals surface area contributed by atoms with Gasteiger partial charge in [-0.05, 0) is 47.7 Å². The topological polar surface area (TPSA) is 84.7 Å². The van der Waals surface area contributed by atoms with Crippen LogP contribution in [0.2, 0.25) is 0 Å². The van der Waals surface area contributed by atoms with Crippen LogP contribution in [0.5, 0.6) is 0 Å². The molecule has 1 aliphatic heterocycles. The molecule has 0 unspecified atom stereocenters. The smallest absolute Gasteiger partial charge is 0.251 e. The standard InChI is InChI=1S/C14H16N6O.ClH/c21-14(16-9-11-5-7-15-8-6-11)12-1-3-13(4-2-12)20-10-17-18-19-20;/h1-5,10,15H,6-9H2,(H,16,21);1H. The summed E-state index contributed by atoms with van der Waals surface area (Å²) in [6, 6.07) is 7.16. The Balaban J connectivity index is 0.00000176. The van der Waals surface area contributed by atoms with Crippen molar-refractivity contribution in [3.63, 3.8) is 0 Å². The lowest BCUT2D eigenvalue weighted by Crippen LogP contribution is -2.29. The lowest BCUT2D eigenvalue weighted by atomic mass is 10.1. The van der Waals surface area contributed by atoms with E-state index in [0.717, 1.165) is 25.2 Å². The number of amides is 1. The summed E-state index contributed by atoms with van der Waals surface area (Å²) in [6.45, 7) is 2.46. The fraction of sp³-hybridized carbons (Fsp3) is 0.286. The van der Waals surface area contributed by atoms with Gasteiger partial charge in [0.15, 0.2) is 0 Å². The van der Waals surface area contributed by atoms with Gasteiger partial charge in [-0.25, -0.2) is 4.68 Å². The fourth-order valence-electron chi connectivity index (χ4n) is 2.17. The monoisotopic (exact) mass is 320 g/mol. The molecule has 7 nitrogen and oxygen atoms in total. The predicted octanol–water partition coefficient (Wildman–Crippen LogP) is 0.734. The molecule has 0 aliphatic carbocycles. The van der Waals surface area contributed by atoms with Crippen molar-refractivity contribution in [1.29, 1.82) is 0 Å². The number of aromatic nitrogens is 4. The van der Waals surface area contributed by atoms with Gasteiger partial charge in [-0.2, -0.15) is 0 Å². The van der Waals surface area contributed by atoms with E-state index in [2.05, 4.69) is 32.2 Å². The second-order valence-corrected chi connectivity index (χ2v) is 4.80. The molecule has 22 heavy (non-hydrogen) atoms. The lowest BCUT2D eigenvalue weighted by molar-refractivity contribution is 0.0956. The molecule has 0 saturated heterocycles. The van der Waals surface area contributed by atoms with Crippen LogP contribution in [0.15, 0.2) is 42.2 Å². The minimum Gasteiger partial charge on any atom is -0.348 e. The van der Waals surface area contributed by atoms with Gasteiger partial charge in [-0.15, -0.1) is 17.5 Å². The Morgan fingerprint density at radius 3 is 2.77 bits per heavy atom. The molecule has 1 aromatic carbocycles. The van der Waals surface area contributed by atoms with Gasteiger partial charge in [-0.1, -0.05) is 11.6 Å². The highest BCUT2D eigenvalue weighted by atomic mass is 35.5. The lowest BCUT2D eigenvalue weighted by Gasteiger charge is -2.14. The maximum atomic E-state index is 12.1. The second kappa shape index (κ2) is 7.67. The molecular formula is C14H17ClN6O. The Morgan fingerprint density at radius 1 is 1.32 bits per heavy atom. The third-order valence-corrected chi connectivity index (χ3v) is 3.38. The van der Waals surface area contributed by atoms with Crippen LogP contribution >= 0.6 is 12.4 Å². The van der Waals surface area contributed by atoms with Crippen molar-refractivity contribution in [2.45, 2.75) is 6.42 Å². The van der Waals surface area contributed by atoms with E-state index in [1.54, 1.807) is 16.8 Å². The van der Waals surface area contributed by atoms with Gasteiger partial charge in [0.25, 0.3) is 5.91 Å². The largest absolute Gasteiger partial charge is 0.348 e. The minimum absolute atomic E-state index is 0. The van der Waals surface area contributed by atoms with Gasteiger partial charge in [0.2, 0.25) is 0 Å². The maximum Gasteiger partial charge on any atom is 0.251 e. The molecule has 0 radical (unpaired) electrons. The number of tetrazole rings is 1. The fourth-order valence-corrected chi connectivity index (χ4v) is 2.17. The number of benzene rings is 1. The summed E-state index contributed by atoms with van der Waals surface area (Å²) in [4.78, 5) is 12.1. The maximum absolute atomic E-state index is 12.1. The minimum atomic E-state index is -0.0716. The number of hydrogen-bond donors (Lipinski definition) is 2. The number of carbonyl (C=O) groups excluding carboxylic acids is 1. The highest BCUT2D eigenvalue weighted by Crippen LogP contribution is 2.08. The van der Waals surface area contributed by atoms with E-state index in [4.69, 9.17) is 0 Å². The average molecular weight is 321 g/mol. The summed E-state index contributed by atoms with van der Waals surface area (Å²) in [5, 5.41) is 17.1. The van der Waals surface area contributed by atoms with Crippen LogP contribution in [0.4, 0.5) is 0 Å². The van der Waals surface area contributed by atoms with Crippen LogP contribution in [0.25, 0.3) is 5.69 Å².